The van der Waals surface area contributed by atoms with Crippen LogP contribution in [-0.2, 0) is 25.7 Å². The summed E-state index contributed by atoms with van der Waals surface area (Å²) < 4.78 is 0. The molecule has 0 aromatic heterocycles. The third-order valence-electron chi connectivity index (χ3n) is 7.56. The van der Waals surface area contributed by atoms with Crippen molar-refractivity contribution in [1.82, 2.24) is 0 Å². The van der Waals surface area contributed by atoms with Crippen molar-refractivity contribution < 1.29 is 20.4 Å². The van der Waals surface area contributed by atoms with Crippen LogP contribution >= 0.6 is 35.0 Å². The van der Waals surface area contributed by atoms with Crippen molar-refractivity contribution in [3.63, 3.8) is 0 Å². The van der Waals surface area contributed by atoms with Gasteiger partial charge in [-0.3, -0.25) is 0 Å². The highest BCUT2D eigenvalue weighted by Crippen LogP contribution is 2.66. The van der Waals surface area contributed by atoms with Gasteiger partial charge in [0, 0.05) is 37.3 Å². The van der Waals surface area contributed by atoms with Gasteiger partial charge in [0.15, 0.2) is 11.5 Å². The number of benzene rings is 3. The minimum atomic E-state index is -0.268. The Kier molecular flexibility index (Phi) is 5.03. The maximum atomic E-state index is 11.7. The lowest BCUT2D eigenvalue weighted by molar-refractivity contribution is 0.377. The minimum Gasteiger partial charge on any atom is -0.506 e. The lowest BCUT2D eigenvalue weighted by Gasteiger charge is -2.36. The Morgan fingerprint density at radius 1 is 0.639 bits per heavy atom. The summed E-state index contributed by atoms with van der Waals surface area (Å²) in [5, 5.41) is 46.5. The van der Waals surface area contributed by atoms with Crippen LogP contribution in [0.15, 0.2) is 28.0 Å². The summed E-state index contributed by atoms with van der Waals surface area (Å²) in [6.45, 7) is 8.48. The van der Waals surface area contributed by atoms with E-state index in [9.17, 15) is 20.4 Å². The van der Waals surface area contributed by atoms with Crippen LogP contribution in [-0.4, -0.2) is 20.4 Å². The first-order valence-electron chi connectivity index (χ1n) is 11.9. The second-order valence-electron chi connectivity index (χ2n) is 11.8. The Labute approximate surface area is 224 Å². The van der Waals surface area contributed by atoms with E-state index in [2.05, 4.69) is 27.7 Å². The topological polar surface area (TPSA) is 84.2 Å². The number of nitrogens with zero attached hydrogens (tertiary/aromatic N) is 1. The molecule has 3 aliphatic rings. The second-order valence-corrected chi connectivity index (χ2v) is 13.7. The number of aromatic hydroxyl groups is 4. The van der Waals surface area contributed by atoms with E-state index in [4.69, 9.17) is 23.2 Å². The number of phenols is 4. The Balaban J connectivity index is 1.72. The van der Waals surface area contributed by atoms with Crippen molar-refractivity contribution in [2.75, 3.05) is 4.90 Å². The highest BCUT2D eigenvalue weighted by molar-refractivity contribution is 8.00. The normalized spacial score (nSPS) is 18.6. The van der Waals surface area contributed by atoms with Gasteiger partial charge in [0.25, 0.3) is 0 Å². The largest absolute Gasteiger partial charge is 0.506 e. The molecule has 5 nitrogen and oxygen atoms in total. The summed E-state index contributed by atoms with van der Waals surface area (Å²) in [7, 11) is 0. The molecule has 3 aromatic rings. The molecule has 0 fully saturated rings. The number of halogens is 2. The molecule has 188 valence electrons. The van der Waals surface area contributed by atoms with E-state index in [-0.39, 0.29) is 33.8 Å². The van der Waals surface area contributed by atoms with Crippen molar-refractivity contribution in [2.24, 2.45) is 10.8 Å². The zero-order valence-electron chi connectivity index (χ0n) is 20.5. The highest BCUT2D eigenvalue weighted by Gasteiger charge is 2.44. The van der Waals surface area contributed by atoms with Gasteiger partial charge in [0.05, 0.1) is 4.90 Å². The molecule has 0 atom stereocenters. The molecule has 8 heteroatoms. The first-order valence-corrected chi connectivity index (χ1v) is 13.5. The van der Waals surface area contributed by atoms with Crippen molar-refractivity contribution in [3.05, 3.63) is 50.5 Å². The molecule has 2 aliphatic carbocycles. The average molecular weight is 545 g/mol. The fraction of sp³-hybridized carbons (Fsp3) is 0.357. The van der Waals surface area contributed by atoms with Gasteiger partial charge >= 0.3 is 0 Å². The molecule has 1 aliphatic heterocycles. The molecule has 0 radical (unpaired) electrons. The Bertz CT molecular complexity index is 1480. The molecule has 0 saturated carbocycles. The predicted molar refractivity (Wildman–Crippen MR) is 144 cm³/mol. The Morgan fingerprint density at radius 2 is 1.11 bits per heavy atom. The van der Waals surface area contributed by atoms with Crippen LogP contribution < -0.4 is 4.90 Å². The number of rotatable bonds is 1. The second kappa shape index (κ2) is 7.56. The van der Waals surface area contributed by atoms with E-state index in [0.29, 0.717) is 63.2 Å². The summed E-state index contributed by atoms with van der Waals surface area (Å²) in [6.07, 6.45) is 2.58. The molecule has 6 rings (SSSR count). The third kappa shape index (κ3) is 3.37. The first-order chi connectivity index (χ1) is 16.8. The Morgan fingerprint density at radius 3 is 1.69 bits per heavy atom. The van der Waals surface area contributed by atoms with Crippen molar-refractivity contribution in [1.29, 1.82) is 0 Å². The van der Waals surface area contributed by atoms with Gasteiger partial charge in [-0.1, -0.05) is 62.7 Å². The van der Waals surface area contributed by atoms with Crippen molar-refractivity contribution >= 4 is 52.0 Å². The fourth-order valence-electron chi connectivity index (χ4n) is 6.13. The highest BCUT2D eigenvalue weighted by atomic mass is 35.5. The molecule has 0 saturated heterocycles. The van der Waals surface area contributed by atoms with Gasteiger partial charge < -0.3 is 25.3 Å². The summed E-state index contributed by atoms with van der Waals surface area (Å²) in [4.78, 5) is 2.95. The van der Waals surface area contributed by atoms with Crippen LogP contribution in [0.5, 0.6) is 23.0 Å². The molecular formula is C28H27Cl2NO4S. The van der Waals surface area contributed by atoms with Crippen LogP contribution in [0.3, 0.4) is 0 Å². The summed E-state index contributed by atoms with van der Waals surface area (Å²) in [6, 6.07) is 4.99. The SMILES string of the molecule is CC1(C)Cc2c(O)c3c(c(O)c2C1)N(c1cc(Cl)cc(Cl)c1)c1c(O)c(O)c2c(c1S3)CC(C)(C)C2. The third-order valence-corrected chi connectivity index (χ3v) is 9.23. The number of hydrogen-bond acceptors (Lipinski definition) is 6. The van der Waals surface area contributed by atoms with Crippen molar-refractivity contribution in [2.45, 2.75) is 63.2 Å². The maximum Gasteiger partial charge on any atom is 0.183 e. The monoisotopic (exact) mass is 543 g/mol. The molecule has 0 unspecified atom stereocenters. The maximum absolute atomic E-state index is 11.7. The molecule has 1 heterocycles. The summed E-state index contributed by atoms with van der Waals surface area (Å²) in [5.41, 5.74) is 4.13. The first kappa shape index (κ1) is 24.0. The van der Waals surface area contributed by atoms with E-state index < -0.39 is 0 Å². The van der Waals surface area contributed by atoms with E-state index in [1.54, 1.807) is 23.1 Å². The van der Waals surface area contributed by atoms with E-state index in [0.717, 1.165) is 21.6 Å². The number of anilines is 3. The van der Waals surface area contributed by atoms with Gasteiger partial charge in [-0.2, -0.15) is 0 Å². The lowest BCUT2D eigenvalue weighted by Crippen LogP contribution is -2.18. The molecule has 36 heavy (non-hydrogen) atoms. The standard InChI is InChI=1S/C28H27Cl2NO4S/c1-27(2)8-15-16(9-27)23(34)26-19(21(15)32)31(14-6-12(29)5-13(30)7-14)20-24(35)22(33)17-10-28(3,4)11-18(17)25(20)36-26/h5-7,32-35H,8-11H2,1-4H3. The molecule has 4 N–H and O–H groups in total. The molecule has 0 amide bonds. The number of hydrogen-bond donors (Lipinski definition) is 4. The minimum absolute atomic E-state index is 0.0531. The van der Waals surface area contributed by atoms with Crippen LogP contribution in [0.4, 0.5) is 17.1 Å². The molecular weight excluding hydrogens is 517 g/mol. The van der Waals surface area contributed by atoms with Gasteiger partial charge in [-0.15, -0.1) is 0 Å². The van der Waals surface area contributed by atoms with Crippen LogP contribution in [0.1, 0.15) is 49.9 Å². The van der Waals surface area contributed by atoms with Crippen LogP contribution in [0.2, 0.25) is 10.0 Å². The smallest absolute Gasteiger partial charge is 0.183 e. The van der Waals surface area contributed by atoms with Crippen molar-refractivity contribution in [3.8, 4) is 23.0 Å². The van der Waals surface area contributed by atoms with Gasteiger partial charge in [-0.25, -0.2) is 0 Å². The zero-order valence-corrected chi connectivity index (χ0v) is 22.8. The zero-order chi connectivity index (χ0) is 25.9. The number of fused-ring (bicyclic) bond motifs is 5. The van der Waals surface area contributed by atoms with Gasteiger partial charge in [0.2, 0.25) is 0 Å². The van der Waals surface area contributed by atoms with E-state index in [1.807, 2.05) is 0 Å². The average Bonchev–Trinajstić information content (AvgIpc) is 3.29. The predicted octanol–water partition coefficient (Wildman–Crippen LogP) is 8.00. The summed E-state index contributed by atoms with van der Waals surface area (Å²) >= 11 is 14.1. The number of phenolic OH excluding ortho intramolecular Hbond substituents is 4. The lowest BCUT2D eigenvalue weighted by atomic mass is 9.90. The molecule has 0 spiro atoms. The quantitative estimate of drug-likeness (QED) is 0.144. The van der Waals surface area contributed by atoms with E-state index in [1.165, 1.54) is 11.8 Å². The van der Waals surface area contributed by atoms with Crippen LogP contribution in [0.25, 0.3) is 0 Å². The van der Waals surface area contributed by atoms with E-state index >= 15 is 0 Å². The molecule has 3 aromatic carbocycles. The summed E-state index contributed by atoms with van der Waals surface area (Å²) in [5.74, 6) is -0.217. The van der Waals surface area contributed by atoms with Gasteiger partial charge in [-0.05, 0) is 60.3 Å². The van der Waals surface area contributed by atoms with Gasteiger partial charge in [0.1, 0.15) is 22.9 Å². The molecule has 0 bridgehead atoms. The van der Waals surface area contributed by atoms with Crippen LogP contribution in [0, 0.1) is 10.8 Å². The fourth-order valence-corrected chi connectivity index (χ4v) is 7.96. The Hall–Kier alpha value is -2.41.